The quantitative estimate of drug-likeness (QED) is 0.642. The van der Waals surface area contributed by atoms with Gasteiger partial charge in [-0.15, -0.1) is 0 Å². The van der Waals surface area contributed by atoms with Crippen molar-refractivity contribution in [3.8, 4) is 0 Å². The van der Waals surface area contributed by atoms with Crippen molar-refractivity contribution < 1.29 is 0 Å². The van der Waals surface area contributed by atoms with E-state index < -0.39 is 0 Å². The lowest BCUT2D eigenvalue weighted by Gasteiger charge is -2.32. The van der Waals surface area contributed by atoms with E-state index in [1.807, 2.05) is 0 Å². The average Bonchev–Trinajstić information content (AvgIpc) is 2.32. The topological polar surface area (TPSA) is 26.0 Å². The molecule has 3 unspecified atom stereocenters. The second-order valence-corrected chi connectivity index (χ2v) is 5.49. The van der Waals surface area contributed by atoms with E-state index in [1.54, 1.807) is 0 Å². The minimum Gasteiger partial charge on any atom is -0.328 e. The number of hydrogen-bond acceptors (Lipinski definition) is 1. The zero-order valence-corrected chi connectivity index (χ0v) is 8.93. The van der Waals surface area contributed by atoms with Crippen molar-refractivity contribution in [3.63, 3.8) is 0 Å². The number of hydrogen-bond donors (Lipinski definition) is 1. The Labute approximate surface area is 76.7 Å². The Bertz CT molecular complexity index is 146. The van der Waals surface area contributed by atoms with Crippen LogP contribution in [0.25, 0.3) is 0 Å². The molecule has 1 rings (SSSR count). The van der Waals surface area contributed by atoms with Crippen molar-refractivity contribution >= 4 is 0 Å². The second-order valence-electron chi connectivity index (χ2n) is 5.49. The van der Waals surface area contributed by atoms with Gasteiger partial charge in [0.05, 0.1) is 0 Å². The zero-order valence-electron chi connectivity index (χ0n) is 8.93. The predicted molar refractivity (Wildman–Crippen MR) is 53.9 cm³/mol. The molecule has 0 saturated heterocycles. The van der Waals surface area contributed by atoms with Crippen LogP contribution in [0.2, 0.25) is 0 Å². The van der Waals surface area contributed by atoms with Crippen molar-refractivity contribution in [2.45, 2.75) is 53.0 Å². The molecule has 0 heterocycles. The van der Waals surface area contributed by atoms with Gasteiger partial charge in [0.1, 0.15) is 0 Å². The molecule has 2 N–H and O–H groups in total. The summed E-state index contributed by atoms with van der Waals surface area (Å²) in [4.78, 5) is 0. The van der Waals surface area contributed by atoms with E-state index >= 15 is 0 Å². The van der Waals surface area contributed by atoms with E-state index in [-0.39, 0.29) is 0 Å². The van der Waals surface area contributed by atoms with Crippen LogP contribution in [0.3, 0.4) is 0 Å². The summed E-state index contributed by atoms with van der Waals surface area (Å²) in [5.41, 5.74) is 6.36. The Kier molecular flexibility index (Phi) is 2.82. The summed E-state index contributed by atoms with van der Waals surface area (Å²) >= 11 is 0. The van der Waals surface area contributed by atoms with Crippen LogP contribution >= 0.6 is 0 Å². The van der Waals surface area contributed by atoms with Gasteiger partial charge >= 0.3 is 0 Å². The van der Waals surface area contributed by atoms with Gasteiger partial charge in [-0.25, -0.2) is 0 Å². The molecule has 0 aliphatic heterocycles. The lowest BCUT2D eigenvalue weighted by atomic mass is 9.74. The Morgan fingerprint density at radius 1 is 1.25 bits per heavy atom. The van der Waals surface area contributed by atoms with Crippen LogP contribution in [-0.4, -0.2) is 6.04 Å². The van der Waals surface area contributed by atoms with Crippen LogP contribution in [-0.2, 0) is 0 Å². The summed E-state index contributed by atoms with van der Waals surface area (Å²) in [5, 5.41) is 0. The fourth-order valence-electron chi connectivity index (χ4n) is 2.21. The van der Waals surface area contributed by atoms with Crippen molar-refractivity contribution in [1.29, 1.82) is 0 Å². The van der Waals surface area contributed by atoms with Gasteiger partial charge in [-0.05, 0) is 36.5 Å². The maximum atomic E-state index is 5.91. The Morgan fingerprint density at radius 2 is 1.83 bits per heavy atom. The van der Waals surface area contributed by atoms with Gasteiger partial charge in [0.15, 0.2) is 0 Å². The summed E-state index contributed by atoms with van der Waals surface area (Å²) in [5.74, 6) is 1.69. The molecular weight excluding hydrogens is 146 g/mol. The van der Waals surface area contributed by atoms with E-state index in [1.165, 1.54) is 19.3 Å². The lowest BCUT2D eigenvalue weighted by Crippen LogP contribution is -2.25. The maximum absolute atomic E-state index is 5.91. The van der Waals surface area contributed by atoms with Gasteiger partial charge < -0.3 is 5.73 Å². The summed E-state index contributed by atoms with van der Waals surface area (Å²) in [6.07, 6.45) is 3.84. The third-order valence-corrected chi connectivity index (χ3v) is 3.59. The normalized spacial score (nSPS) is 33.8. The standard InChI is InChI=1S/C11H23N/c1-8(11(2,3)4)9-5-6-10(12)7-9/h8-10H,5-7,12H2,1-4H3. The Balaban J connectivity index is 2.48. The van der Waals surface area contributed by atoms with E-state index in [9.17, 15) is 0 Å². The van der Waals surface area contributed by atoms with Gasteiger partial charge in [-0.3, -0.25) is 0 Å². The summed E-state index contributed by atoms with van der Waals surface area (Å²) in [6, 6.07) is 0.486. The molecule has 0 radical (unpaired) electrons. The average molecular weight is 169 g/mol. The second kappa shape index (κ2) is 3.37. The monoisotopic (exact) mass is 169 g/mol. The van der Waals surface area contributed by atoms with Gasteiger partial charge in [0.25, 0.3) is 0 Å². The molecule has 0 aromatic heterocycles. The van der Waals surface area contributed by atoms with E-state index in [0.717, 1.165) is 11.8 Å². The molecule has 0 bridgehead atoms. The molecule has 0 amide bonds. The van der Waals surface area contributed by atoms with Crippen LogP contribution in [0, 0.1) is 17.3 Å². The SMILES string of the molecule is CC(C1CCC(N)C1)C(C)(C)C. The third kappa shape index (κ3) is 2.22. The highest BCUT2D eigenvalue weighted by atomic mass is 14.7. The molecule has 1 nitrogen and oxygen atoms in total. The van der Waals surface area contributed by atoms with Gasteiger partial charge in [0, 0.05) is 6.04 Å². The third-order valence-electron chi connectivity index (χ3n) is 3.59. The molecule has 72 valence electrons. The first-order valence-electron chi connectivity index (χ1n) is 5.17. The predicted octanol–water partition coefficient (Wildman–Crippen LogP) is 2.80. The molecule has 12 heavy (non-hydrogen) atoms. The largest absolute Gasteiger partial charge is 0.328 e. The number of rotatable bonds is 1. The molecule has 1 aliphatic carbocycles. The van der Waals surface area contributed by atoms with Crippen LogP contribution in [0.15, 0.2) is 0 Å². The summed E-state index contributed by atoms with van der Waals surface area (Å²) in [6.45, 7) is 9.38. The first kappa shape index (κ1) is 10.0. The molecule has 1 saturated carbocycles. The van der Waals surface area contributed by atoms with Crippen molar-refractivity contribution in [1.82, 2.24) is 0 Å². The van der Waals surface area contributed by atoms with Gasteiger partial charge in [-0.1, -0.05) is 27.7 Å². The Hall–Kier alpha value is -0.0400. The first-order chi connectivity index (χ1) is 5.41. The zero-order chi connectivity index (χ0) is 9.35. The smallest absolute Gasteiger partial charge is 0.00416 e. The molecule has 1 fully saturated rings. The van der Waals surface area contributed by atoms with Crippen LogP contribution < -0.4 is 5.73 Å². The first-order valence-corrected chi connectivity index (χ1v) is 5.17. The summed E-state index contributed by atoms with van der Waals surface area (Å²) < 4.78 is 0. The molecular formula is C11H23N. The molecule has 3 atom stereocenters. The van der Waals surface area contributed by atoms with E-state index in [4.69, 9.17) is 5.73 Å². The minimum atomic E-state index is 0.453. The number of nitrogens with two attached hydrogens (primary N) is 1. The highest BCUT2D eigenvalue weighted by molar-refractivity contribution is 4.85. The fourth-order valence-corrected chi connectivity index (χ4v) is 2.21. The molecule has 0 aromatic rings. The van der Waals surface area contributed by atoms with E-state index in [2.05, 4.69) is 27.7 Å². The lowest BCUT2D eigenvalue weighted by molar-refractivity contribution is 0.178. The van der Waals surface area contributed by atoms with Crippen molar-refractivity contribution in [3.05, 3.63) is 0 Å². The molecule has 1 heteroatoms. The van der Waals surface area contributed by atoms with Crippen LogP contribution in [0.5, 0.6) is 0 Å². The maximum Gasteiger partial charge on any atom is 0.00416 e. The van der Waals surface area contributed by atoms with Crippen molar-refractivity contribution in [2.24, 2.45) is 23.0 Å². The van der Waals surface area contributed by atoms with Gasteiger partial charge in [0.2, 0.25) is 0 Å². The highest BCUT2D eigenvalue weighted by Gasteiger charge is 2.32. The summed E-state index contributed by atoms with van der Waals surface area (Å²) in [7, 11) is 0. The van der Waals surface area contributed by atoms with Gasteiger partial charge in [-0.2, -0.15) is 0 Å². The van der Waals surface area contributed by atoms with Crippen LogP contribution in [0.4, 0.5) is 0 Å². The van der Waals surface area contributed by atoms with Crippen LogP contribution in [0.1, 0.15) is 47.0 Å². The highest BCUT2D eigenvalue weighted by Crippen LogP contribution is 2.39. The minimum absolute atomic E-state index is 0.453. The fraction of sp³-hybridized carbons (Fsp3) is 1.00. The van der Waals surface area contributed by atoms with E-state index in [0.29, 0.717) is 11.5 Å². The molecule has 0 aromatic carbocycles. The molecule has 0 spiro atoms. The van der Waals surface area contributed by atoms with Crippen molar-refractivity contribution in [2.75, 3.05) is 0 Å². The Morgan fingerprint density at radius 3 is 2.17 bits per heavy atom. The molecule has 1 aliphatic rings.